The first-order valence-corrected chi connectivity index (χ1v) is 6.29. The quantitative estimate of drug-likeness (QED) is 0.817. The molecule has 2 N–H and O–H groups in total. The molecule has 2 heterocycles. The minimum absolute atomic E-state index is 0.0649. The first kappa shape index (κ1) is 12.2. The molecule has 0 bridgehead atoms. The smallest absolute Gasteiger partial charge is 0.256 e. The lowest BCUT2D eigenvalue weighted by Crippen LogP contribution is -2.50. The van der Waals surface area contributed by atoms with Gasteiger partial charge in [0.2, 0.25) is 0 Å². The predicted molar refractivity (Wildman–Crippen MR) is 68.5 cm³/mol. The predicted octanol–water partition coefficient (Wildman–Crippen LogP) is 1.56. The third kappa shape index (κ3) is 2.52. The van der Waals surface area contributed by atoms with Crippen LogP contribution in [0.1, 0.15) is 31.2 Å². The highest BCUT2D eigenvalue weighted by Gasteiger charge is 2.27. The van der Waals surface area contributed by atoms with Crippen molar-refractivity contribution < 1.29 is 4.79 Å². The van der Waals surface area contributed by atoms with Crippen LogP contribution in [0.2, 0.25) is 0 Å². The summed E-state index contributed by atoms with van der Waals surface area (Å²) in [5.74, 6) is 0.472. The van der Waals surface area contributed by atoms with Crippen molar-refractivity contribution in [1.82, 2.24) is 9.99 Å². The summed E-state index contributed by atoms with van der Waals surface area (Å²) in [6.07, 6.45) is 2.28. The third-order valence-electron chi connectivity index (χ3n) is 3.55. The van der Waals surface area contributed by atoms with Gasteiger partial charge in [0.05, 0.1) is 6.04 Å². The molecule has 2 unspecified atom stereocenters. The summed E-state index contributed by atoms with van der Waals surface area (Å²) in [7, 11) is 0. The van der Waals surface area contributed by atoms with E-state index < -0.39 is 0 Å². The topological polar surface area (TPSA) is 46.1 Å². The molecular formula is C13H21N3O. The maximum atomic E-state index is 12.2. The number of carbonyl (C=O) groups excluding carboxylic acids is 1. The summed E-state index contributed by atoms with van der Waals surface area (Å²) in [6, 6.07) is 3.95. The van der Waals surface area contributed by atoms with E-state index in [0.717, 1.165) is 30.8 Å². The van der Waals surface area contributed by atoms with Crippen molar-refractivity contribution >= 4 is 5.91 Å². The van der Waals surface area contributed by atoms with E-state index in [2.05, 4.69) is 17.7 Å². The molecular weight excluding hydrogens is 214 g/mol. The first-order valence-electron chi connectivity index (χ1n) is 6.29. The number of amides is 1. The highest BCUT2D eigenvalue weighted by Crippen LogP contribution is 2.16. The molecule has 1 aliphatic heterocycles. The van der Waals surface area contributed by atoms with Gasteiger partial charge in [-0.2, -0.15) is 0 Å². The van der Waals surface area contributed by atoms with Gasteiger partial charge in [-0.15, -0.1) is 0 Å². The minimum atomic E-state index is -0.0649. The molecule has 1 aromatic heterocycles. The fraction of sp³-hybridized carbons (Fsp3) is 0.615. The van der Waals surface area contributed by atoms with Gasteiger partial charge in [-0.05, 0) is 51.3 Å². The van der Waals surface area contributed by atoms with E-state index in [1.165, 1.54) is 0 Å². The van der Waals surface area contributed by atoms with Crippen molar-refractivity contribution in [3.8, 4) is 0 Å². The molecule has 2 rings (SSSR count). The normalized spacial score (nSPS) is 24.6. The fourth-order valence-corrected chi connectivity index (χ4v) is 2.43. The van der Waals surface area contributed by atoms with Gasteiger partial charge in [0.15, 0.2) is 0 Å². The average molecular weight is 235 g/mol. The molecule has 0 saturated carbocycles. The largest absolute Gasteiger partial charge is 0.306 e. The summed E-state index contributed by atoms with van der Waals surface area (Å²) >= 11 is 0. The Hall–Kier alpha value is -1.29. The average Bonchev–Trinajstić information content (AvgIpc) is 2.61. The van der Waals surface area contributed by atoms with E-state index in [4.69, 9.17) is 0 Å². The van der Waals surface area contributed by atoms with Gasteiger partial charge in [0.1, 0.15) is 0 Å². The van der Waals surface area contributed by atoms with Crippen molar-refractivity contribution in [2.45, 2.75) is 39.7 Å². The van der Waals surface area contributed by atoms with Gasteiger partial charge in [-0.3, -0.25) is 14.9 Å². The summed E-state index contributed by atoms with van der Waals surface area (Å²) in [5, 5.41) is 3.29. The maximum Gasteiger partial charge on any atom is 0.256 e. The van der Waals surface area contributed by atoms with Crippen LogP contribution in [0.3, 0.4) is 0 Å². The molecule has 0 radical (unpaired) electrons. The number of aromatic nitrogens is 1. The molecule has 1 saturated heterocycles. The van der Waals surface area contributed by atoms with Crippen molar-refractivity contribution in [2.24, 2.45) is 5.92 Å². The second-order valence-corrected chi connectivity index (χ2v) is 4.98. The summed E-state index contributed by atoms with van der Waals surface area (Å²) in [4.78, 5) is 12.2. The van der Waals surface area contributed by atoms with Crippen LogP contribution in [0.4, 0.5) is 0 Å². The standard InChI is InChI=1S/C13H21N3O/c1-9-5-4-8-14-12(9)13(17)15-16-10(2)6-7-11(16)3/h6-7,9,12,14H,4-5,8H2,1-3H3,(H,15,17). The van der Waals surface area contributed by atoms with Crippen LogP contribution in [0.5, 0.6) is 0 Å². The van der Waals surface area contributed by atoms with Gasteiger partial charge in [0.25, 0.3) is 5.91 Å². The van der Waals surface area contributed by atoms with E-state index in [1.807, 2.05) is 30.7 Å². The molecule has 1 aliphatic rings. The van der Waals surface area contributed by atoms with Gasteiger partial charge >= 0.3 is 0 Å². The van der Waals surface area contributed by atoms with Crippen LogP contribution in [0.25, 0.3) is 0 Å². The molecule has 0 aliphatic carbocycles. The maximum absolute atomic E-state index is 12.2. The van der Waals surface area contributed by atoms with E-state index in [1.54, 1.807) is 0 Å². The number of nitrogens with zero attached hydrogens (tertiary/aromatic N) is 1. The van der Waals surface area contributed by atoms with Crippen LogP contribution >= 0.6 is 0 Å². The molecule has 0 spiro atoms. The molecule has 1 fully saturated rings. The number of nitrogens with one attached hydrogen (secondary N) is 2. The monoisotopic (exact) mass is 235 g/mol. The van der Waals surface area contributed by atoms with Gasteiger partial charge in [-0.1, -0.05) is 6.92 Å². The first-order chi connectivity index (χ1) is 8.09. The zero-order valence-electron chi connectivity index (χ0n) is 10.8. The van der Waals surface area contributed by atoms with Crippen molar-refractivity contribution in [3.05, 3.63) is 23.5 Å². The van der Waals surface area contributed by atoms with Crippen LogP contribution in [-0.2, 0) is 4.79 Å². The molecule has 17 heavy (non-hydrogen) atoms. The van der Waals surface area contributed by atoms with Crippen LogP contribution in [0, 0.1) is 19.8 Å². The Labute approximate surface area is 102 Å². The van der Waals surface area contributed by atoms with Crippen LogP contribution in [-0.4, -0.2) is 23.2 Å². The molecule has 1 amide bonds. The lowest BCUT2D eigenvalue weighted by Gasteiger charge is -2.29. The minimum Gasteiger partial charge on any atom is -0.306 e. The van der Waals surface area contributed by atoms with Gasteiger partial charge in [0, 0.05) is 11.4 Å². The molecule has 1 aromatic rings. The Balaban J connectivity index is 2.06. The number of hydrogen-bond donors (Lipinski definition) is 2. The highest BCUT2D eigenvalue weighted by atomic mass is 16.2. The molecule has 2 atom stereocenters. The summed E-state index contributed by atoms with van der Waals surface area (Å²) in [5.41, 5.74) is 5.08. The summed E-state index contributed by atoms with van der Waals surface area (Å²) < 4.78 is 1.85. The Morgan fingerprint density at radius 1 is 1.41 bits per heavy atom. The third-order valence-corrected chi connectivity index (χ3v) is 3.55. The lowest BCUT2D eigenvalue weighted by molar-refractivity contribution is -0.120. The van der Waals surface area contributed by atoms with Crippen LogP contribution < -0.4 is 10.7 Å². The number of rotatable bonds is 2. The van der Waals surface area contributed by atoms with Gasteiger partial charge < -0.3 is 5.32 Å². The fourth-order valence-electron chi connectivity index (χ4n) is 2.43. The highest BCUT2D eigenvalue weighted by molar-refractivity contribution is 5.89. The Morgan fingerprint density at radius 3 is 2.65 bits per heavy atom. The lowest BCUT2D eigenvalue weighted by atomic mass is 9.92. The number of carbonyl (C=O) groups is 1. The molecule has 0 aromatic carbocycles. The number of aryl methyl sites for hydroxylation is 2. The van der Waals surface area contributed by atoms with Crippen LogP contribution in [0.15, 0.2) is 12.1 Å². The molecule has 4 nitrogen and oxygen atoms in total. The second kappa shape index (κ2) is 4.92. The van der Waals surface area contributed by atoms with Crippen molar-refractivity contribution in [1.29, 1.82) is 0 Å². The Bertz CT molecular complexity index is 391. The SMILES string of the molecule is Cc1ccc(C)n1NC(=O)C1NCCCC1C. The Kier molecular flexibility index (Phi) is 3.52. The van der Waals surface area contributed by atoms with E-state index >= 15 is 0 Å². The van der Waals surface area contributed by atoms with E-state index in [9.17, 15) is 4.79 Å². The van der Waals surface area contributed by atoms with Crippen molar-refractivity contribution in [3.63, 3.8) is 0 Å². The number of piperidine rings is 1. The second-order valence-electron chi connectivity index (χ2n) is 4.98. The molecule has 4 heteroatoms. The van der Waals surface area contributed by atoms with E-state index in [-0.39, 0.29) is 11.9 Å². The van der Waals surface area contributed by atoms with Crippen molar-refractivity contribution in [2.75, 3.05) is 12.0 Å². The zero-order chi connectivity index (χ0) is 12.4. The van der Waals surface area contributed by atoms with E-state index in [0.29, 0.717) is 5.92 Å². The number of hydrogen-bond acceptors (Lipinski definition) is 2. The van der Waals surface area contributed by atoms with Gasteiger partial charge in [-0.25, -0.2) is 0 Å². The summed E-state index contributed by atoms with van der Waals surface area (Å²) in [6.45, 7) is 7.05. The molecule has 94 valence electrons. The Morgan fingerprint density at radius 2 is 2.06 bits per heavy atom. The zero-order valence-corrected chi connectivity index (χ0v) is 10.8.